The van der Waals surface area contributed by atoms with Gasteiger partial charge in [-0.2, -0.15) is 0 Å². The Labute approximate surface area is 58.8 Å². The van der Waals surface area contributed by atoms with Crippen LogP contribution in [-0.4, -0.2) is 12.2 Å². The molecule has 0 radical (unpaired) electrons. The molecule has 0 atom stereocenters. The van der Waals surface area contributed by atoms with Gasteiger partial charge in [-0.1, -0.05) is 0 Å². The van der Waals surface area contributed by atoms with E-state index in [1.165, 1.54) is 0 Å². The van der Waals surface area contributed by atoms with Crippen molar-refractivity contribution in [3.8, 4) is 0 Å². The van der Waals surface area contributed by atoms with E-state index in [0.717, 1.165) is 7.11 Å². The molecular formula is CH4Cl2OTi. The molecule has 0 heterocycles. The molecule has 0 fully saturated rings. The van der Waals surface area contributed by atoms with Gasteiger partial charge >= 0.3 is 21.7 Å². The predicted octanol–water partition coefficient (Wildman–Crippen LogP) is -6.39. The second kappa shape index (κ2) is 60.4. The van der Waals surface area contributed by atoms with E-state index in [4.69, 9.17) is 5.11 Å². The van der Waals surface area contributed by atoms with Crippen LogP contribution in [0.1, 0.15) is 0 Å². The first-order chi connectivity index (χ1) is 1.00. The van der Waals surface area contributed by atoms with Crippen molar-refractivity contribution >= 4 is 0 Å². The van der Waals surface area contributed by atoms with Gasteiger partial charge in [0.05, 0.1) is 0 Å². The number of hydrogen-bond acceptors (Lipinski definition) is 1. The van der Waals surface area contributed by atoms with Crippen LogP contribution in [-0.2, 0) is 21.7 Å². The Morgan fingerprint density at radius 1 is 1.00 bits per heavy atom. The van der Waals surface area contributed by atoms with E-state index in [2.05, 4.69) is 0 Å². The number of hydrogen-bond donors (Lipinski definition) is 1. The van der Waals surface area contributed by atoms with Crippen LogP contribution in [0.5, 0.6) is 0 Å². The molecule has 0 saturated heterocycles. The van der Waals surface area contributed by atoms with Gasteiger partial charge in [0.1, 0.15) is 0 Å². The summed E-state index contributed by atoms with van der Waals surface area (Å²) < 4.78 is 0. The fourth-order valence-corrected chi connectivity index (χ4v) is 0. The third-order valence-corrected chi connectivity index (χ3v) is 0. The van der Waals surface area contributed by atoms with E-state index >= 15 is 0 Å². The molecule has 0 aromatic rings. The van der Waals surface area contributed by atoms with Gasteiger partial charge in [-0.25, -0.2) is 0 Å². The summed E-state index contributed by atoms with van der Waals surface area (Å²) in [6.07, 6.45) is 0. The second-order valence-electron chi connectivity index (χ2n) is 0. The van der Waals surface area contributed by atoms with Crippen LogP contribution in [0.3, 0.4) is 0 Å². The first-order valence-electron chi connectivity index (χ1n) is 0.447. The van der Waals surface area contributed by atoms with Gasteiger partial charge in [-0.05, 0) is 0 Å². The van der Waals surface area contributed by atoms with E-state index in [0.29, 0.717) is 0 Å². The van der Waals surface area contributed by atoms with Crippen molar-refractivity contribution in [2.24, 2.45) is 0 Å². The third kappa shape index (κ3) is 35.4. The summed E-state index contributed by atoms with van der Waals surface area (Å²) in [5.41, 5.74) is 0. The molecule has 0 unspecified atom stereocenters. The standard InChI is InChI=1S/CH4O.2ClH.Ti/c1-2;;;/h2H,1H3;2*1H;/q;;;+2/p-2. The summed E-state index contributed by atoms with van der Waals surface area (Å²) in [6, 6.07) is 0. The van der Waals surface area contributed by atoms with E-state index in [1.807, 2.05) is 0 Å². The summed E-state index contributed by atoms with van der Waals surface area (Å²) in [5, 5.41) is 7.00. The first-order valence-corrected chi connectivity index (χ1v) is 0.447. The molecule has 0 bridgehead atoms. The molecule has 1 nitrogen and oxygen atoms in total. The Morgan fingerprint density at radius 3 is 1.00 bits per heavy atom. The minimum absolute atomic E-state index is 0. The summed E-state index contributed by atoms with van der Waals surface area (Å²) in [5.74, 6) is 0. The largest absolute Gasteiger partial charge is 2.00 e. The zero-order valence-electron chi connectivity index (χ0n) is 2.70. The molecule has 5 heavy (non-hydrogen) atoms. The maximum Gasteiger partial charge on any atom is 2.00 e. The predicted molar refractivity (Wildman–Crippen MR) is 8.14 cm³/mol. The van der Waals surface area contributed by atoms with Gasteiger partial charge < -0.3 is 29.9 Å². The van der Waals surface area contributed by atoms with Gasteiger partial charge in [0, 0.05) is 7.11 Å². The molecular weight excluding hydrogens is 147 g/mol. The average Bonchev–Trinajstić information content (AvgIpc) is 1.00. The fourth-order valence-electron chi connectivity index (χ4n) is 0. The first kappa shape index (κ1) is 34.0. The van der Waals surface area contributed by atoms with E-state index in [1.54, 1.807) is 0 Å². The van der Waals surface area contributed by atoms with Gasteiger partial charge in [0.15, 0.2) is 0 Å². The number of aliphatic hydroxyl groups is 1. The van der Waals surface area contributed by atoms with Crippen LogP contribution in [0, 0.1) is 0 Å². The molecule has 0 aromatic carbocycles. The monoisotopic (exact) mass is 150 g/mol. The minimum Gasteiger partial charge on any atom is -1.00 e. The topological polar surface area (TPSA) is 20.2 Å². The SMILES string of the molecule is CO.[Cl-].[Cl-].[Ti+2]. The number of halogens is 2. The van der Waals surface area contributed by atoms with Crippen LogP contribution in [0.25, 0.3) is 0 Å². The molecule has 0 amide bonds. The Kier molecular flexibility index (Phi) is 411. The van der Waals surface area contributed by atoms with Crippen molar-refractivity contribution in [3.63, 3.8) is 0 Å². The van der Waals surface area contributed by atoms with Gasteiger partial charge in [-0.15, -0.1) is 0 Å². The Hall–Kier alpha value is 1.25. The molecule has 0 aliphatic rings. The second-order valence-corrected chi connectivity index (χ2v) is 0. The summed E-state index contributed by atoms with van der Waals surface area (Å²) in [4.78, 5) is 0. The van der Waals surface area contributed by atoms with E-state index < -0.39 is 0 Å². The van der Waals surface area contributed by atoms with Crippen LogP contribution < -0.4 is 24.8 Å². The van der Waals surface area contributed by atoms with Gasteiger partial charge in [0.2, 0.25) is 0 Å². The van der Waals surface area contributed by atoms with Crippen molar-refractivity contribution in [3.05, 3.63) is 0 Å². The van der Waals surface area contributed by atoms with E-state index in [-0.39, 0.29) is 46.5 Å². The zero-order valence-corrected chi connectivity index (χ0v) is 5.78. The van der Waals surface area contributed by atoms with Crippen LogP contribution in [0.2, 0.25) is 0 Å². The zero-order chi connectivity index (χ0) is 2.00. The summed E-state index contributed by atoms with van der Waals surface area (Å²) >= 11 is 0. The van der Waals surface area contributed by atoms with Crippen molar-refractivity contribution in [1.82, 2.24) is 0 Å². The molecule has 0 spiro atoms. The normalized spacial score (nSPS) is 1.20. The van der Waals surface area contributed by atoms with Crippen molar-refractivity contribution in [1.29, 1.82) is 0 Å². The molecule has 0 saturated carbocycles. The molecule has 0 rings (SSSR count). The minimum atomic E-state index is 0. The quantitative estimate of drug-likeness (QED) is 0.341. The van der Waals surface area contributed by atoms with Crippen molar-refractivity contribution in [2.75, 3.05) is 7.11 Å². The Balaban J connectivity index is -0.00000000167. The van der Waals surface area contributed by atoms with Crippen LogP contribution >= 0.6 is 0 Å². The molecule has 0 aromatic heterocycles. The fraction of sp³-hybridized carbons (Fsp3) is 1.00. The summed E-state index contributed by atoms with van der Waals surface area (Å²) in [7, 11) is 1.00. The molecule has 0 aliphatic carbocycles. The summed E-state index contributed by atoms with van der Waals surface area (Å²) in [6.45, 7) is 0. The number of aliphatic hydroxyl groups excluding tert-OH is 1. The Bertz CT molecular complexity index is 9.61. The average molecular weight is 151 g/mol. The van der Waals surface area contributed by atoms with Crippen molar-refractivity contribution < 1.29 is 51.6 Å². The third-order valence-electron chi connectivity index (χ3n) is 0. The molecule has 4 heteroatoms. The maximum absolute atomic E-state index is 7.00. The number of rotatable bonds is 0. The van der Waals surface area contributed by atoms with Gasteiger partial charge in [-0.3, -0.25) is 0 Å². The van der Waals surface area contributed by atoms with Gasteiger partial charge in [0.25, 0.3) is 0 Å². The molecule has 32 valence electrons. The maximum atomic E-state index is 7.00. The smallest absolute Gasteiger partial charge is 1.00 e. The molecule has 1 N–H and O–H groups in total. The van der Waals surface area contributed by atoms with Crippen molar-refractivity contribution in [2.45, 2.75) is 0 Å². The van der Waals surface area contributed by atoms with Crippen LogP contribution in [0.15, 0.2) is 0 Å². The van der Waals surface area contributed by atoms with E-state index in [9.17, 15) is 0 Å². The van der Waals surface area contributed by atoms with Crippen LogP contribution in [0.4, 0.5) is 0 Å². The molecule has 0 aliphatic heterocycles. The Morgan fingerprint density at radius 2 is 1.00 bits per heavy atom.